The first-order chi connectivity index (χ1) is 8.45. The van der Waals surface area contributed by atoms with Crippen LogP contribution in [-0.2, 0) is 4.79 Å². The first-order valence-corrected chi connectivity index (χ1v) is 5.79. The normalized spacial score (nSPS) is 9.83. The van der Waals surface area contributed by atoms with Gasteiger partial charge < -0.3 is 10.4 Å². The lowest BCUT2D eigenvalue weighted by Gasteiger charge is -2.04. The largest absolute Gasteiger partial charge is 0.481 e. The van der Waals surface area contributed by atoms with Gasteiger partial charge in [-0.3, -0.25) is 19.7 Å². The Morgan fingerprint density at radius 1 is 1.50 bits per heavy atom. The Hall–Kier alpha value is -2.09. The second-order valence-corrected chi connectivity index (χ2v) is 4.22. The summed E-state index contributed by atoms with van der Waals surface area (Å²) in [6.07, 6.45) is 0. The number of hydrogen-bond donors (Lipinski definition) is 2. The molecule has 18 heavy (non-hydrogen) atoms. The van der Waals surface area contributed by atoms with Crippen molar-refractivity contribution < 1.29 is 19.6 Å². The highest BCUT2D eigenvalue weighted by Gasteiger charge is 2.18. The van der Waals surface area contributed by atoms with E-state index in [1.165, 1.54) is 19.2 Å². The molecule has 0 aliphatic carbocycles. The quantitative estimate of drug-likeness (QED) is 0.471. The van der Waals surface area contributed by atoms with E-state index < -0.39 is 16.8 Å². The summed E-state index contributed by atoms with van der Waals surface area (Å²) >= 11 is 0.839. The molecule has 8 heteroatoms. The Balaban J connectivity index is 3.08. The summed E-state index contributed by atoms with van der Waals surface area (Å²) in [6.45, 7) is 0. The van der Waals surface area contributed by atoms with Crippen molar-refractivity contribution in [3.05, 3.63) is 33.9 Å². The summed E-state index contributed by atoms with van der Waals surface area (Å²) < 4.78 is 0. The van der Waals surface area contributed by atoms with Crippen LogP contribution in [0.2, 0.25) is 0 Å². The zero-order valence-corrected chi connectivity index (χ0v) is 10.2. The van der Waals surface area contributed by atoms with E-state index in [-0.39, 0.29) is 21.9 Å². The molecule has 0 saturated heterocycles. The third-order valence-corrected chi connectivity index (χ3v) is 3.04. The van der Waals surface area contributed by atoms with Crippen LogP contribution in [0.1, 0.15) is 10.4 Å². The Morgan fingerprint density at radius 3 is 2.67 bits per heavy atom. The van der Waals surface area contributed by atoms with Gasteiger partial charge in [-0.1, -0.05) is 0 Å². The van der Waals surface area contributed by atoms with Crippen LogP contribution < -0.4 is 5.32 Å². The van der Waals surface area contributed by atoms with Crippen LogP contribution in [0.3, 0.4) is 0 Å². The van der Waals surface area contributed by atoms with E-state index in [1.807, 2.05) is 0 Å². The SMILES string of the molecule is CNC(=O)c1ccc(SCC(=O)O)c([N+](=O)[O-])c1. The maximum atomic E-state index is 11.3. The van der Waals surface area contributed by atoms with Crippen molar-refractivity contribution in [2.75, 3.05) is 12.8 Å². The molecule has 0 aromatic heterocycles. The summed E-state index contributed by atoms with van der Waals surface area (Å²) in [5, 5.41) is 21.7. The fraction of sp³-hybridized carbons (Fsp3) is 0.200. The van der Waals surface area contributed by atoms with Crippen LogP contribution >= 0.6 is 11.8 Å². The molecule has 1 aromatic carbocycles. The number of carboxylic acid groups (broad SMARTS) is 1. The Morgan fingerprint density at radius 2 is 2.17 bits per heavy atom. The smallest absolute Gasteiger partial charge is 0.313 e. The van der Waals surface area contributed by atoms with Crippen molar-refractivity contribution in [2.45, 2.75) is 4.90 Å². The number of amides is 1. The lowest BCUT2D eigenvalue weighted by molar-refractivity contribution is -0.387. The van der Waals surface area contributed by atoms with Crippen molar-refractivity contribution in [1.82, 2.24) is 5.32 Å². The van der Waals surface area contributed by atoms with Gasteiger partial charge in [0.05, 0.1) is 15.6 Å². The molecule has 7 nitrogen and oxygen atoms in total. The lowest BCUT2D eigenvalue weighted by atomic mass is 10.2. The summed E-state index contributed by atoms with van der Waals surface area (Å²) in [5.74, 6) is -1.78. The van der Waals surface area contributed by atoms with Crippen molar-refractivity contribution in [3.63, 3.8) is 0 Å². The number of nitrogens with zero attached hydrogens (tertiary/aromatic N) is 1. The second kappa shape index (κ2) is 6.01. The topological polar surface area (TPSA) is 110 Å². The van der Waals surface area contributed by atoms with Gasteiger partial charge in [0, 0.05) is 18.7 Å². The molecule has 1 rings (SSSR count). The number of aliphatic carboxylic acids is 1. The number of benzene rings is 1. The zero-order valence-electron chi connectivity index (χ0n) is 9.37. The highest BCUT2D eigenvalue weighted by atomic mass is 32.2. The first kappa shape index (κ1) is 14.0. The van der Waals surface area contributed by atoms with Gasteiger partial charge in [0.1, 0.15) is 0 Å². The minimum atomic E-state index is -1.07. The number of thioether (sulfide) groups is 1. The number of carbonyl (C=O) groups is 2. The Bertz CT molecular complexity index is 503. The van der Waals surface area contributed by atoms with Crippen molar-refractivity contribution >= 4 is 29.3 Å². The van der Waals surface area contributed by atoms with Gasteiger partial charge in [0.2, 0.25) is 0 Å². The van der Waals surface area contributed by atoms with E-state index >= 15 is 0 Å². The molecule has 0 heterocycles. The molecule has 0 fully saturated rings. The van der Waals surface area contributed by atoms with Gasteiger partial charge >= 0.3 is 5.97 Å². The van der Waals surface area contributed by atoms with Gasteiger partial charge in [-0.05, 0) is 12.1 Å². The predicted molar refractivity (Wildman–Crippen MR) is 64.8 cm³/mol. The average Bonchev–Trinajstić information content (AvgIpc) is 2.34. The van der Waals surface area contributed by atoms with Crippen molar-refractivity contribution in [1.29, 1.82) is 0 Å². The number of carboxylic acids is 1. The van der Waals surface area contributed by atoms with Crippen LogP contribution in [0, 0.1) is 10.1 Å². The highest BCUT2D eigenvalue weighted by Crippen LogP contribution is 2.29. The molecule has 0 spiro atoms. The molecule has 0 saturated carbocycles. The van der Waals surface area contributed by atoms with Crippen LogP contribution in [0.25, 0.3) is 0 Å². The van der Waals surface area contributed by atoms with Gasteiger partial charge in [-0.2, -0.15) is 0 Å². The lowest BCUT2D eigenvalue weighted by Crippen LogP contribution is -2.17. The standard InChI is InChI=1S/C10H10N2O5S/c1-11-10(15)6-2-3-8(18-5-9(13)14)7(4-6)12(16)17/h2-4H,5H2,1H3,(H,11,15)(H,13,14). The summed E-state index contributed by atoms with van der Waals surface area (Å²) in [4.78, 5) is 32.2. The van der Waals surface area contributed by atoms with Gasteiger partial charge in [0.25, 0.3) is 11.6 Å². The number of nitro groups is 1. The van der Waals surface area contributed by atoms with Crippen LogP contribution in [0.5, 0.6) is 0 Å². The average molecular weight is 270 g/mol. The van der Waals surface area contributed by atoms with E-state index in [9.17, 15) is 19.7 Å². The Labute approximate surface area is 106 Å². The fourth-order valence-electron chi connectivity index (χ4n) is 1.21. The van der Waals surface area contributed by atoms with Gasteiger partial charge in [-0.15, -0.1) is 11.8 Å². The van der Waals surface area contributed by atoms with Crippen LogP contribution in [0.4, 0.5) is 5.69 Å². The Kier molecular flexibility index (Phi) is 4.67. The highest BCUT2D eigenvalue weighted by molar-refractivity contribution is 8.00. The molecule has 0 aliphatic rings. The molecular formula is C10H10N2O5S. The number of carbonyl (C=O) groups excluding carboxylic acids is 1. The minimum Gasteiger partial charge on any atom is -0.481 e. The van der Waals surface area contributed by atoms with Gasteiger partial charge in [-0.25, -0.2) is 0 Å². The van der Waals surface area contributed by atoms with E-state index in [0.29, 0.717) is 0 Å². The third kappa shape index (κ3) is 3.45. The molecule has 96 valence electrons. The summed E-state index contributed by atoms with van der Waals surface area (Å²) in [6, 6.07) is 3.91. The molecule has 1 amide bonds. The zero-order chi connectivity index (χ0) is 13.7. The molecule has 0 bridgehead atoms. The monoisotopic (exact) mass is 270 g/mol. The minimum absolute atomic E-state index is 0.156. The van der Waals surface area contributed by atoms with Gasteiger partial charge in [0.15, 0.2) is 0 Å². The van der Waals surface area contributed by atoms with Crippen LogP contribution in [0.15, 0.2) is 23.1 Å². The van der Waals surface area contributed by atoms with Crippen molar-refractivity contribution in [3.8, 4) is 0 Å². The van der Waals surface area contributed by atoms with E-state index in [0.717, 1.165) is 17.8 Å². The first-order valence-electron chi connectivity index (χ1n) is 4.80. The molecule has 1 aromatic rings. The molecule has 0 aliphatic heterocycles. The van der Waals surface area contributed by atoms with Crippen molar-refractivity contribution in [2.24, 2.45) is 0 Å². The predicted octanol–water partition coefficient (Wildman–Crippen LogP) is 1.13. The molecular weight excluding hydrogens is 260 g/mol. The van der Waals surface area contributed by atoms with E-state index in [4.69, 9.17) is 5.11 Å². The van der Waals surface area contributed by atoms with Crippen LogP contribution in [-0.4, -0.2) is 34.7 Å². The number of rotatable bonds is 5. The molecule has 0 unspecified atom stereocenters. The third-order valence-electron chi connectivity index (χ3n) is 2.00. The maximum Gasteiger partial charge on any atom is 0.313 e. The summed E-state index contributed by atoms with van der Waals surface area (Å²) in [5.41, 5.74) is -0.119. The number of hydrogen-bond acceptors (Lipinski definition) is 5. The molecule has 0 atom stereocenters. The fourth-order valence-corrected chi connectivity index (χ4v) is 1.93. The molecule has 2 N–H and O–H groups in total. The van der Waals surface area contributed by atoms with E-state index in [2.05, 4.69) is 5.32 Å². The maximum absolute atomic E-state index is 11.3. The number of nitrogens with one attached hydrogen (secondary N) is 1. The number of nitro benzene ring substituents is 1. The summed E-state index contributed by atoms with van der Waals surface area (Å²) in [7, 11) is 1.42. The molecule has 0 radical (unpaired) electrons. The van der Waals surface area contributed by atoms with E-state index in [1.54, 1.807) is 0 Å². The second-order valence-electron chi connectivity index (χ2n) is 3.20.